The number of hydrogen-bond acceptors (Lipinski definition) is 1. The predicted molar refractivity (Wildman–Crippen MR) is 67.1 cm³/mol. The molecule has 0 spiro atoms. The highest BCUT2D eigenvalue weighted by Gasteiger charge is 2.10. The average Bonchev–Trinajstić information content (AvgIpc) is 2.25. The third-order valence-corrected chi connectivity index (χ3v) is 2.94. The van der Waals surface area contributed by atoms with Crippen LogP contribution in [0.3, 0.4) is 0 Å². The Balaban J connectivity index is 2.51. The Morgan fingerprint density at radius 1 is 1.13 bits per heavy atom. The molecule has 0 saturated carbocycles. The van der Waals surface area contributed by atoms with E-state index in [9.17, 15) is 0 Å². The second kappa shape index (κ2) is 6.62. The third-order valence-electron chi connectivity index (χ3n) is 2.94. The van der Waals surface area contributed by atoms with Crippen LogP contribution < -0.4 is 0 Å². The molecule has 1 atom stereocenters. The Hall–Kier alpha value is -0.820. The predicted octanol–water partition coefficient (Wildman–Crippen LogP) is 3.35. The van der Waals surface area contributed by atoms with Crippen LogP contribution in [0.5, 0.6) is 0 Å². The van der Waals surface area contributed by atoms with Gasteiger partial charge in [0, 0.05) is 6.04 Å². The molecule has 0 aromatic heterocycles. The summed E-state index contributed by atoms with van der Waals surface area (Å²) in [6.07, 6.45) is 5.10. The van der Waals surface area contributed by atoms with Crippen LogP contribution in [-0.4, -0.2) is 25.0 Å². The molecule has 0 bridgehead atoms. The number of unbranched alkanes of at least 4 members (excludes halogenated alkanes) is 1. The van der Waals surface area contributed by atoms with Crippen molar-refractivity contribution in [3.8, 4) is 0 Å². The van der Waals surface area contributed by atoms with E-state index in [4.69, 9.17) is 0 Å². The maximum atomic E-state index is 2.35. The molecule has 0 amide bonds. The van der Waals surface area contributed by atoms with Crippen LogP contribution in [0.1, 0.15) is 31.7 Å². The van der Waals surface area contributed by atoms with Crippen LogP contribution in [0, 0.1) is 0 Å². The van der Waals surface area contributed by atoms with E-state index in [1.54, 1.807) is 0 Å². The first kappa shape index (κ1) is 12.3. The third kappa shape index (κ3) is 4.48. The van der Waals surface area contributed by atoms with E-state index in [1.165, 1.54) is 31.2 Å². The molecule has 0 radical (unpaired) electrons. The summed E-state index contributed by atoms with van der Waals surface area (Å²) in [5.41, 5.74) is 1.45. The van der Waals surface area contributed by atoms with Gasteiger partial charge in [0.25, 0.3) is 0 Å². The molecule has 1 aromatic rings. The molecule has 1 nitrogen and oxygen atoms in total. The Labute approximate surface area is 94.1 Å². The summed E-state index contributed by atoms with van der Waals surface area (Å²) in [4.78, 5) is 2.35. The van der Waals surface area contributed by atoms with Gasteiger partial charge >= 0.3 is 0 Å². The molecule has 0 heterocycles. The summed E-state index contributed by atoms with van der Waals surface area (Å²) in [7, 11) is 4.37. The highest BCUT2D eigenvalue weighted by atomic mass is 15.1. The summed E-state index contributed by atoms with van der Waals surface area (Å²) < 4.78 is 0. The molecule has 1 aromatic carbocycles. The van der Waals surface area contributed by atoms with E-state index >= 15 is 0 Å². The monoisotopic (exact) mass is 205 g/mol. The largest absolute Gasteiger partial charge is 0.306 e. The SMILES string of the molecule is CCCCC(Cc1ccccc1)N(C)C. The average molecular weight is 205 g/mol. The van der Waals surface area contributed by atoms with Gasteiger partial charge in [0.15, 0.2) is 0 Å². The molecule has 1 heteroatoms. The Morgan fingerprint density at radius 3 is 2.33 bits per heavy atom. The smallest absolute Gasteiger partial charge is 0.0130 e. The van der Waals surface area contributed by atoms with Crippen molar-refractivity contribution in [3.63, 3.8) is 0 Å². The summed E-state index contributed by atoms with van der Waals surface area (Å²) >= 11 is 0. The van der Waals surface area contributed by atoms with Gasteiger partial charge in [-0.15, -0.1) is 0 Å². The van der Waals surface area contributed by atoms with E-state index in [1.807, 2.05) is 0 Å². The van der Waals surface area contributed by atoms with Gasteiger partial charge in [-0.25, -0.2) is 0 Å². The molecular weight excluding hydrogens is 182 g/mol. The Morgan fingerprint density at radius 2 is 1.80 bits per heavy atom. The van der Waals surface area contributed by atoms with Crippen LogP contribution in [0.2, 0.25) is 0 Å². The van der Waals surface area contributed by atoms with Crippen molar-refractivity contribution < 1.29 is 0 Å². The minimum absolute atomic E-state index is 0.687. The van der Waals surface area contributed by atoms with Crippen molar-refractivity contribution >= 4 is 0 Å². The number of nitrogens with zero attached hydrogens (tertiary/aromatic N) is 1. The van der Waals surface area contributed by atoms with E-state index in [2.05, 4.69) is 56.3 Å². The van der Waals surface area contributed by atoms with Crippen LogP contribution in [0.15, 0.2) is 30.3 Å². The normalized spacial score (nSPS) is 13.1. The lowest BCUT2D eigenvalue weighted by atomic mass is 10.0. The van der Waals surface area contributed by atoms with Gasteiger partial charge in [0.2, 0.25) is 0 Å². The standard InChI is InChI=1S/C14H23N/c1-4-5-11-14(15(2)3)12-13-9-7-6-8-10-13/h6-10,14H,4-5,11-12H2,1-3H3. The van der Waals surface area contributed by atoms with Crippen LogP contribution in [0.25, 0.3) is 0 Å². The van der Waals surface area contributed by atoms with Crippen molar-refractivity contribution in [2.75, 3.05) is 14.1 Å². The zero-order chi connectivity index (χ0) is 11.1. The number of hydrogen-bond donors (Lipinski definition) is 0. The summed E-state index contributed by atoms with van der Waals surface area (Å²) in [5, 5.41) is 0. The molecule has 0 aliphatic heterocycles. The molecule has 0 N–H and O–H groups in total. The second-order valence-electron chi connectivity index (χ2n) is 4.45. The fourth-order valence-electron chi connectivity index (χ4n) is 1.87. The quantitative estimate of drug-likeness (QED) is 0.688. The number of rotatable bonds is 6. The molecule has 0 aliphatic rings. The number of likely N-dealkylation sites (N-methyl/N-ethyl adjacent to an activating group) is 1. The Bertz CT molecular complexity index is 253. The first-order valence-corrected chi connectivity index (χ1v) is 5.94. The zero-order valence-electron chi connectivity index (χ0n) is 10.2. The maximum absolute atomic E-state index is 2.35. The second-order valence-corrected chi connectivity index (χ2v) is 4.45. The van der Waals surface area contributed by atoms with Crippen LogP contribution in [-0.2, 0) is 6.42 Å². The van der Waals surface area contributed by atoms with Gasteiger partial charge in [-0.05, 0) is 32.5 Å². The summed E-state index contributed by atoms with van der Waals surface area (Å²) in [6.45, 7) is 2.26. The van der Waals surface area contributed by atoms with E-state index in [-0.39, 0.29) is 0 Å². The molecular formula is C14H23N. The van der Waals surface area contributed by atoms with Gasteiger partial charge in [-0.1, -0.05) is 50.1 Å². The summed E-state index contributed by atoms with van der Waals surface area (Å²) in [6, 6.07) is 11.5. The molecule has 84 valence electrons. The lowest BCUT2D eigenvalue weighted by molar-refractivity contribution is 0.271. The topological polar surface area (TPSA) is 3.24 Å². The maximum Gasteiger partial charge on any atom is 0.0130 e. The van der Waals surface area contributed by atoms with Gasteiger partial charge in [-0.2, -0.15) is 0 Å². The van der Waals surface area contributed by atoms with E-state index in [0.717, 1.165) is 0 Å². The van der Waals surface area contributed by atoms with Gasteiger partial charge in [0.05, 0.1) is 0 Å². The molecule has 0 fully saturated rings. The molecule has 1 unspecified atom stereocenters. The lowest BCUT2D eigenvalue weighted by Crippen LogP contribution is -2.29. The van der Waals surface area contributed by atoms with Crippen molar-refractivity contribution in [2.24, 2.45) is 0 Å². The van der Waals surface area contributed by atoms with Crippen molar-refractivity contribution in [1.82, 2.24) is 4.90 Å². The highest BCUT2D eigenvalue weighted by Crippen LogP contribution is 2.12. The minimum atomic E-state index is 0.687. The van der Waals surface area contributed by atoms with Crippen LogP contribution >= 0.6 is 0 Å². The Kier molecular flexibility index (Phi) is 5.41. The first-order chi connectivity index (χ1) is 7.24. The zero-order valence-corrected chi connectivity index (χ0v) is 10.2. The van der Waals surface area contributed by atoms with Crippen molar-refractivity contribution in [1.29, 1.82) is 0 Å². The molecule has 0 saturated heterocycles. The minimum Gasteiger partial charge on any atom is -0.306 e. The van der Waals surface area contributed by atoms with Crippen molar-refractivity contribution in [3.05, 3.63) is 35.9 Å². The fourth-order valence-corrected chi connectivity index (χ4v) is 1.87. The lowest BCUT2D eigenvalue weighted by Gasteiger charge is -2.24. The molecule has 0 aliphatic carbocycles. The number of benzene rings is 1. The molecule has 15 heavy (non-hydrogen) atoms. The first-order valence-electron chi connectivity index (χ1n) is 5.94. The van der Waals surface area contributed by atoms with Gasteiger partial charge in [-0.3, -0.25) is 0 Å². The van der Waals surface area contributed by atoms with Gasteiger partial charge in [0.1, 0.15) is 0 Å². The van der Waals surface area contributed by atoms with E-state index in [0.29, 0.717) is 6.04 Å². The highest BCUT2D eigenvalue weighted by molar-refractivity contribution is 5.15. The van der Waals surface area contributed by atoms with E-state index < -0.39 is 0 Å². The fraction of sp³-hybridized carbons (Fsp3) is 0.571. The van der Waals surface area contributed by atoms with Gasteiger partial charge < -0.3 is 4.90 Å². The van der Waals surface area contributed by atoms with Crippen molar-refractivity contribution in [2.45, 2.75) is 38.6 Å². The van der Waals surface area contributed by atoms with Crippen LogP contribution in [0.4, 0.5) is 0 Å². The molecule has 1 rings (SSSR count). The summed E-state index contributed by atoms with van der Waals surface area (Å²) in [5.74, 6) is 0.